The fraction of sp³-hybridized carbons (Fsp3) is 0.306. The lowest BCUT2D eigenvalue weighted by Gasteiger charge is -2.50. The summed E-state index contributed by atoms with van der Waals surface area (Å²) in [5, 5.41) is 0. The van der Waals surface area contributed by atoms with Crippen LogP contribution in [0.3, 0.4) is 0 Å². The lowest BCUT2D eigenvalue weighted by molar-refractivity contribution is -0.359. The van der Waals surface area contributed by atoms with E-state index in [-0.39, 0.29) is 46.2 Å². The summed E-state index contributed by atoms with van der Waals surface area (Å²) < 4.78 is 69.4. The lowest BCUT2D eigenvalue weighted by Crippen LogP contribution is -2.66. The summed E-state index contributed by atoms with van der Waals surface area (Å²) >= 11 is 1.51. The lowest BCUT2D eigenvalue weighted by atomic mass is 9.96. The molecule has 10 atom stereocenters. The van der Waals surface area contributed by atoms with Gasteiger partial charge in [-0.3, -0.25) is 4.79 Å². The maximum absolute atomic E-state index is 12.8. The zero-order valence-corrected chi connectivity index (χ0v) is 42.4. The van der Waals surface area contributed by atoms with E-state index in [0.29, 0.717) is 6.61 Å². The number of benzene rings is 7. The fourth-order valence-corrected chi connectivity index (χ4v) is 10.2. The molecule has 0 spiro atoms. The van der Waals surface area contributed by atoms with Gasteiger partial charge in [0.25, 0.3) is 0 Å². The Kier molecular flexibility index (Phi) is 20.0. The van der Waals surface area contributed by atoms with Crippen molar-refractivity contribution >= 4 is 17.7 Å². The van der Waals surface area contributed by atoms with E-state index in [4.69, 9.17) is 47.4 Å². The minimum Gasteiger partial charge on any atom is -0.463 e. The van der Waals surface area contributed by atoms with E-state index in [1.165, 1.54) is 18.7 Å². The molecule has 2 aliphatic rings. The summed E-state index contributed by atoms with van der Waals surface area (Å²) in [4.78, 5) is 13.7. The Bertz CT molecular complexity index is 2660. The van der Waals surface area contributed by atoms with Crippen LogP contribution in [0.5, 0.6) is 0 Å². The van der Waals surface area contributed by atoms with E-state index < -0.39 is 66.5 Å². The van der Waals surface area contributed by atoms with Gasteiger partial charge in [-0.15, -0.1) is 0 Å². The third-order valence-electron chi connectivity index (χ3n) is 12.7. The quantitative estimate of drug-likeness (QED) is 0.0509. The number of carbonyl (C=O) groups is 1. The molecular weight excluding hydrogens is 953 g/mol. The average Bonchev–Trinajstić information content (AvgIpc) is 3.45. The van der Waals surface area contributed by atoms with Crippen molar-refractivity contribution in [1.29, 1.82) is 0 Å². The van der Waals surface area contributed by atoms with E-state index in [1.54, 1.807) is 0 Å². The predicted octanol–water partition coefficient (Wildman–Crippen LogP) is 11.3. The second kappa shape index (κ2) is 28.1. The average molecular weight is 1020 g/mol. The van der Waals surface area contributed by atoms with Gasteiger partial charge in [-0.05, 0) is 45.5 Å². The number of ether oxygens (including phenoxy) is 10. The molecule has 384 valence electrons. The van der Waals surface area contributed by atoms with E-state index in [0.717, 1.165) is 38.3 Å². The van der Waals surface area contributed by atoms with Crippen LogP contribution < -0.4 is 0 Å². The molecule has 2 saturated heterocycles. The molecule has 12 heteroatoms. The Morgan fingerprint density at radius 3 is 1.18 bits per heavy atom. The highest BCUT2D eigenvalue weighted by molar-refractivity contribution is 7.99. The Balaban J connectivity index is 1.13. The van der Waals surface area contributed by atoms with Gasteiger partial charge in [0.1, 0.15) is 60.9 Å². The second-order valence-corrected chi connectivity index (χ2v) is 19.4. The molecule has 2 aliphatic heterocycles. The number of thioether (sulfide) groups is 1. The highest BCUT2D eigenvalue weighted by Gasteiger charge is 2.55. The van der Waals surface area contributed by atoms with Crippen molar-refractivity contribution in [1.82, 2.24) is 0 Å². The van der Waals surface area contributed by atoms with Crippen LogP contribution in [0.2, 0.25) is 0 Å². The first-order valence-corrected chi connectivity index (χ1v) is 26.1. The molecule has 0 radical (unpaired) electrons. The SMILES string of the molecule is CC(=O)OC[C@H]1O[C@@H](Sc2ccccc2)[C@H](OCc2ccccc2)[C@@H](OCc2ccccc2)[C@H]1O[C@H]1O[C@H](COCc2ccccc2)[C@H](OCc2ccccc2)[C@H](OCc2ccccc2)[C@H]1OCc1ccccc1. The molecule has 7 aromatic rings. The van der Waals surface area contributed by atoms with Crippen LogP contribution in [0.1, 0.15) is 40.3 Å². The monoisotopic (exact) mass is 1020 g/mol. The van der Waals surface area contributed by atoms with Crippen LogP contribution in [0, 0.1) is 0 Å². The van der Waals surface area contributed by atoms with Gasteiger partial charge in [0, 0.05) is 11.8 Å². The van der Waals surface area contributed by atoms with Crippen molar-refractivity contribution in [3.8, 4) is 0 Å². The smallest absolute Gasteiger partial charge is 0.302 e. The number of hydrogen-bond acceptors (Lipinski definition) is 12. The molecule has 2 fully saturated rings. The summed E-state index contributed by atoms with van der Waals surface area (Å²) in [6, 6.07) is 70.0. The van der Waals surface area contributed by atoms with Gasteiger partial charge in [0.2, 0.25) is 0 Å². The second-order valence-electron chi connectivity index (χ2n) is 18.2. The van der Waals surface area contributed by atoms with Gasteiger partial charge in [0.15, 0.2) is 6.29 Å². The molecule has 0 unspecified atom stereocenters. The molecular formula is C62H64O11S. The molecule has 0 saturated carbocycles. The predicted molar refractivity (Wildman–Crippen MR) is 282 cm³/mol. The van der Waals surface area contributed by atoms with Crippen LogP contribution in [0.15, 0.2) is 217 Å². The van der Waals surface area contributed by atoms with Gasteiger partial charge >= 0.3 is 5.97 Å². The third kappa shape index (κ3) is 15.5. The van der Waals surface area contributed by atoms with Crippen molar-refractivity contribution in [2.24, 2.45) is 0 Å². The first kappa shape index (κ1) is 52.8. The Labute approximate surface area is 438 Å². The van der Waals surface area contributed by atoms with Crippen LogP contribution in [-0.4, -0.2) is 79.7 Å². The summed E-state index contributed by atoms with van der Waals surface area (Å²) in [6.07, 6.45) is -7.69. The molecule has 2 heterocycles. The number of rotatable bonds is 25. The maximum Gasteiger partial charge on any atom is 0.302 e. The van der Waals surface area contributed by atoms with Gasteiger partial charge in [-0.2, -0.15) is 0 Å². The van der Waals surface area contributed by atoms with Crippen LogP contribution in [-0.2, 0) is 91.8 Å². The first-order chi connectivity index (χ1) is 36.5. The molecule has 7 aromatic carbocycles. The van der Waals surface area contributed by atoms with Gasteiger partial charge in [0.05, 0.1) is 46.2 Å². The summed E-state index contributed by atoms with van der Waals surface area (Å²) in [7, 11) is 0. The summed E-state index contributed by atoms with van der Waals surface area (Å²) in [5.41, 5.74) is 5.18. The largest absolute Gasteiger partial charge is 0.463 e. The van der Waals surface area contributed by atoms with Gasteiger partial charge < -0.3 is 47.4 Å². The molecule has 0 aromatic heterocycles. The number of carbonyl (C=O) groups excluding carboxylic acids is 1. The Morgan fingerprint density at radius 1 is 0.392 bits per heavy atom. The molecule has 0 aliphatic carbocycles. The first-order valence-electron chi connectivity index (χ1n) is 25.2. The Hall–Kier alpha value is -6.00. The van der Waals surface area contributed by atoms with E-state index in [1.807, 2.05) is 212 Å². The van der Waals surface area contributed by atoms with E-state index >= 15 is 0 Å². The van der Waals surface area contributed by atoms with Gasteiger partial charge in [-0.1, -0.05) is 212 Å². The third-order valence-corrected chi connectivity index (χ3v) is 13.9. The minimum absolute atomic E-state index is 0.120. The van der Waals surface area contributed by atoms with Crippen molar-refractivity contribution in [2.75, 3.05) is 13.2 Å². The van der Waals surface area contributed by atoms with Gasteiger partial charge in [-0.25, -0.2) is 0 Å². The highest BCUT2D eigenvalue weighted by atomic mass is 32.2. The van der Waals surface area contributed by atoms with Crippen LogP contribution >= 0.6 is 11.8 Å². The Morgan fingerprint density at radius 2 is 0.743 bits per heavy atom. The van der Waals surface area contributed by atoms with Crippen molar-refractivity contribution < 1.29 is 52.2 Å². The molecule has 0 N–H and O–H groups in total. The minimum atomic E-state index is -1.15. The van der Waals surface area contributed by atoms with Crippen molar-refractivity contribution in [2.45, 2.75) is 112 Å². The van der Waals surface area contributed by atoms with Crippen LogP contribution in [0.4, 0.5) is 0 Å². The summed E-state index contributed by atoms with van der Waals surface area (Å²) in [5.74, 6) is -0.467. The topological polar surface area (TPSA) is 109 Å². The zero-order valence-electron chi connectivity index (χ0n) is 41.5. The van der Waals surface area contributed by atoms with Crippen molar-refractivity contribution in [3.05, 3.63) is 246 Å². The van der Waals surface area contributed by atoms with Crippen molar-refractivity contribution in [3.63, 3.8) is 0 Å². The number of esters is 1. The highest BCUT2D eigenvalue weighted by Crippen LogP contribution is 2.40. The molecule has 0 bridgehead atoms. The molecule has 11 nitrogen and oxygen atoms in total. The maximum atomic E-state index is 12.8. The normalized spacial score (nSPS) is 23.7. The van der Waals surface area contributed by atoms with E-state index in [9.17, 15) is 4.79 Å². The van der Waals surface area contributed by atoms with Crippen LogP contribution in [0.25, 0.3) is 0 Å². The standard InChI is InChI=1S/C62H64O11S/c1-45(63)65-44-54-56(58(68-40-49-29-15-5-16-30-49)60(70-42-51-33-19-7-20-34-51)62(72-54)74-52-35-21-8-22-36-52)73-61-59(69-41-50-31-17-6-18-32-50)57(67-39-48-27-13-4-14-28-48)55(66-38-47-25-11-3-12-26-47)53(71-61)43-64-37-46-23-9-2-10-24-46/h2-36,53-62H,37-44H2,1H3/t53-,54-,55+,56+,57+,58+,59-,60-,61-,62+/m1/s1. The summed E-state index contributed by atoms with van der Waals surface area (Å²) in [6.45, 7) is 2.86. The number of hydrogen-bond donors (Lipinski definition) is 0. The fourth-order valence-electron chi connectivity index (χ4n) is 9.02. The molecule has 74 heavy (non-hydrogen) atoms. The van der Waals surface area contributed by atoms with E-state index in [2.05, 4.69) is 0 Å². The molecule has 9 rings (SSSR count). The molecule has 0 amide bonds. The zero-order chi connectivity index (χ0) is 50.6.